The third-order valence-corrected chi connectivity index (χ3v) is 4.35. The minimum absolute atomic E-state index is 0.853. The predicted molar refractivity (Wildman–Crippen MR) is 83.4 cm³/mol. The Bertz CT molecular complexity index is 478. The zero-order valence-electron chi connectivity index (χ0n) is 12.3. The van der Waals surface area contributed by atoms with Gasteiger partial charge in [0, 0.05) is 6.42 Å². The molecule has 0 radical (unpaired) electrons. The highest BCUT2D eigenvalue weighted by atomic mass is 16.5. The van der Waals surface area contributed by atoms with Gasteiger partial charge in [-0.25, -0.2) is 0 Å². The Labute approximate surface area is 122 Å². The van der Waals surface area contributed by atoms with E-state index in [2.05, 4.69) is 29.6 Å². The fraction of sp³-hybridized carbons (Fsp3) is 0.556. The molecule has 0 unspecified atom stereocenters. The van der Waals surface area contributed by atoms with Crippen molar-refractivity contribution in [2.24, 2.45) is 0 Å². The lowest BCUT2D eigenvalue weighted by molar-refractivity contribution is 0.357. The van der Waals surface area contributed by atoms with Gasteiger partial charge in [0.15, 0.2) is 0 Å². The van der Waals surface area contributed by atoms with Gasteiger partial charge in [-0.1, -0.05) is 23.8 Å². The quantitative estimate of drug-likeness (QED) is 0.630. The minimum atomic E-state index is 0.853. The Morgan fingerprint density at radius 3 is 2.90 bits per heavy atom. The van der Waals surface area contributed by atoms with Crippen molar-refractivity contribution >= 4 is 0 Å². The summed E-state index contributed by atoms with van der Waals surface area (Å²) in [5, 5.41) is 3.58. The van der Waals surface area contributed by atoms with E-state index in [1.165, 1.54) is 43.2 Å². The van der Waals surface area contributed by atoms with Crippen LogP contribution in [0.15, 0.2) is 29.8 Å². The summed E-state index contributed by atoms with van der Waals surface area (Å²) in [4.78, 5) is 0. The van der Waals surface area contributed by atoms with E-state index in [4.69, 9.17) is 4.74 Å². The lowest BCUT2D eigenvalue weighted by atomic mass is 9.97. The molecule has 2 heteroatoms. The van der Waals surface area contributed by atoms with E-state index >= 15 is 0 Å². The smallest absolute Gasteiger partial charge is 0.122 e. The number of allylic oxidation sites excluding steroid dienone is 1. The van der Waals surface area contributed by atoms with E-state index < -0.39 is 0 Å². The maximum Gasteiger partial charge on any atom is 0.122 e. The highest BCUT2D eigenvalue weighted by Gasteiger charge is 2.11. The molecule has 20 heavy (non-hydrogen) atoms. The molecule has 1 heterocycles. The molecule has 2 aliphatic rings. The number of hydrogen-bond donors (Lipinski definition) is 1. The molecule has 108 valence electrons. The van der Waals surface area contributed by atoms with Gasteiger partial charge in [-0.05, 0) is 68.8 Å². The summed E-state index contributed by atoms with van der Waals surface area (Å²) in [6, 6.07) is 6.65. The van der Waals surface area contributed by atoms with Crippen molar-refractivity contribution in [2.45, 2.75) is 44.9 Å². The molecule has 1 N–H and O–H groups in total. The minimum Gasteiger partial charge on any atom is -0.493 e. The average molecular weight is 271 g/mol. The molecule has 0 saturated heterocycles. The van der Waals surface area contributed by atoms with Crippen LogP contribution in [0.1, 0.15) is 43.2 Å². The van der Waals surface area contributed by atoms with Gasteiger partial charge in [0.1, 0.15) is 5.75 Å². The number of nitrogens with one attached hydrogen (secondary N) is 1. The summed E-state index contributed by atoms with van der Waals surface area (Å²) in [7, 11) is 0. The van der Waals surface area contributed by atoms with Crippen LogP contribution in [0, 0.1) is 0 Å². The lowest BCUT2D eigenvalue weighted by Gasteiger charge is -2.13. The molecule has 0 atom stereocenters. The van der Waals surface area contributed by atoms with Crippen LogP contribution in [-0.2, 0) is 12.8 Å². The predicted octanol–water partition coefficient (Wildman–Crippen LogP) is 3.64. The Kier molecular flexibility index (Phi) is 4.75. The van der Waals surface area contributed by atoms with Crippen molar-refractivity contribution in [3.05, 3.63) is 41.0 Å². The molecule has 0 spiro atoms. The Balaban J connectivity index is 1.36. The van der Waals surface area contributed by atoms with E-state index in [-0.39, 0.29) is 0 Å². The summed E-state index contributed by atoms with van der Waals surface area (Å²) in [5.74, 6) is 1.09. The third-order valence-electron chi connectivity index (χ3n) is 4.35. The largest absolute Gasteiger partial charge is 0.493 e. The van der Waals surface area contributed by atoms with Crippen LogP contribution in [-0.4, -0.2) is 19.7 Å². The molecule has 0 aromatic heterocycles. The van der Waals surface area contributed by atoms with E-state index in [1.807, 2.05) is 0 Å². The SMILES string of the molecule is C1=C(CCNCCc2ccc3c(c2)CCO3)CCCC1. The maximum atomic E-state index is 5.54. The highest BCUT2D eigenvalue weighted by Crippen LogP contribution is 2.25. The van der Waals surface area contributed by atoms with Crippen molar-refractivity contribution in [1.82, 2.24) is 5.32 Å². The van der Waals surface area contributed by atoms with Gasteiger partial charge in [-0.2, -0.15) is 0 Å². The highest BCUT2D eigenvalue weighted by molar-refractivity contribution is 5.39. The molecule has 0 saturated carbocycles. The van der Waals surface area contributed by atoms with E-state index in [0.717, 1.165) is 38.3 Å². The van der Waals surface area contributed by atoms with Crippen molar-refractivity contribution < 1.29 is 4.74 Å². The first-order chi connectivity index (χ1) is 9.92. The van der Waals surface area contributed by atoms with E-state index in [0.29, 0.717) is 0 Å². The van der Waals surface area contributed by atoms with Crippen LogP contribution in [0.4, 0.5) is 0 Å². The van der Waals surface area contributed by atoms with Crippen LogP contribution in [0.25, 0.3) is 0 Å². The van der Waals surface area contributed by atoms with Crippen molar-refractivity contribution in [3.8, 4) is 5.75 Å². The normalized spacial score (nSPS) is 17.5. The summed E-state index contributed by atoms with van der Waals surface area (Å²) in [5.41, 5.74) is 4.48. The van der Waals surface area contributed by atoms with Gasteiger partial charge in [-0.3, -0.25) is 0 Å². The van der Waals surface area contributed by atoms with Gasteiger partial charge in [0.2, 0.25) is 0 Å². The van der Waals surface area contributed by atoms with Crippen molar-refractivity contribution in [1.29, 1.82) is 0 Å². The van der Waals surface area contributed by atoms with Gasteiger partial charge in [-0.15, -0.1) is 0 Å². The second-order valence-corrected chi connectivity index (χ2v) is 5.90. The average Bonchev–Trinajstić information content (AvgIpc) is 2.95. The topological polar surface area (TPSA) is 21.3 Å². The van der Waals surface area contributed by atoms with Crippen molar-refractivity contribution in [2.75, 3.05) is 19.7 Å². The summed E-state index contributed by atoms with van der Waals surface area (Å²) in [6.45, 7) is 3.05. The zero-order valence-corrected chi connectivity index (χ0v) is 12.3. The lowest BCUT2D eigenvalue weighted by Crippen LogP contribution is -2.19. The fourth-order valence-corrected chi connectivity index (χ4v) is 3.13. The molecular weight excluding hydrogens is 246 g/mol. The molecule has 0 fully saturated rings. The molecule has 1 aliphatic heterocycles. The molecular formula is C18H25NO. The number of rotatable bonds is 6. The molecule has 0 bridgehead atoms. The Hall–Kier alpha value is -1.28. The molecule has 1 aliphatic carbocycles. The molecule has 0 amide bonds. The van der Waals surface area contributed by atoms with E-state index in [1.54, 1.807) is 5.57 Å². The third kappa shape index (κ3) is 3.63. The van der Waals surface area contributed by atoms with Crippen molar-refractivity contribution in [3.63, 3.8) is 0 Å². The maximum absolute atomic E-state index is 5.54. The van der Waals surface area contributed by atoms with Crippen LogP contribution < -0.4 is 10.1 Å². The second-order valence-electron chi connectivity index (χ2n) is 5.90. The molecule has 3 rings (SSSR count). The van der Waals surface area contributed by atoms with Gasteiger partial charge in [0.25, 0.3) is 0 Å². The van der Waals surface area contributed by atoms with E-state index in [9.17, 15) is 0 Å². The number of ether oxygens (including phenoxy) is 1. The number of hydrogen-bond acceptors (Lipinski definition) is 2. The summed E-state index contributed by atoms with van der Waals surface area (Å²) >= 11 is 0. The molecule has 1 aromatic rings. The molecule has 2 nitrogen and oxygen atoms in total. The molecule has 1 aromatic carbocycles. The van der Waals surface area contributed by atoms with Gasteiger partial charge < -0.3 is 10.1 Å². The Morgan fingerprint density at radius 1 is 1.05 bits per heavy atom. The second kappa shape index (κ2) is 6.94. The van der Waals surface area contributed by atoms with Gasteiger partial charge in [0.05, 0.1) is 6.61 Å². The van der Waals surface area contributed by atoms with Crippen LogP contribution in [0.3, 0.4) is 0 Å². The first-order valence-electron chi connectivity index (χ1n) is 8.05. The monoisotopic (exact) mass is 271 g/mol. The van der Waals surface area contributed by atoms with Crippen LogP contribution in [0.5, 0.6) is 5.75 Å². The summed E-state index contributed by atoms with van der Waals surface area (Å²) in [6.07, 6.45) is 11.3. The first kappa shape index (κ1) is 13.7. The standard InChI is InChI=1S/C18H25NO/c1-2-4-15(5-3-1)8-11-19-12-9-16-6-7-18-17(14-16)10-13-20-18/h4,6-7,14,19H,1-3,5,8-13H2. The summed E-state index contributed by atoms with van der Waals surface area (Å²) < 4.78 is 5.54. The Morgan fingerprint density at radius 2 is 2.00 bits per heavy atom. The number of benzene rings is 1. The number of fused-ring (bicyclic) bond motifs is 1. The van der Waals surface area contributed by atoms with Crippen LogP contribution >= 0.6 is 0 Å². The first-order valence-corrected chi connectivity index (χ1v) is 8.05. The van der Waals surface area contributed by atoms with Gasteiger partial charge >= 0.3 is 0 Å². The van der Waals surface area contributed by atoms with Crippen LogP contribution in [0.2, 0.25) is 0 Å². The fourth-order valence-electron chi connectivity index (χ4n) is 3.13. The zero-order chi connectivity index (χ0) is 13.6.